The number of hydrogen-bond donors (Lipinski definition) is 2. The van der Waals surface area contributed by atoms with Gasteiger partial charge in [0.1, 0.15) is 11.4 Å². The van der Waals surface area contributed by atoms with Crippen molar-refractivity contribution >= 4 is 28.3 Å². The summed E-state index contributed by atoms with van der Waals surface area (Å²) in [6, 6.07) is 5.88. The van der Waals surface area contributed by atoms with Crippen LogP contribution in [0.3, 0.4) is 0 Å². The summed E-state index contributed by atoms with van der Waals surface area (Å²) in [7, 11) is 0. The number of carbonyl (C=O) groups is 1. The molecule has 25 heavy (non-hydrogen) atoms. The van der Waals surface area contributed by atoms with Crippen LogP contribution in [0.5, 0.6) is 5.75 Å². The highest BCUT2D eigenvalue weighted by Crippen LogP contribution is 2.33. The lowest BCUT2D eigenvalue weighted by Gasteiger charge is -2.15. The maximum Gasteiger partial charge on any atom is 0.407 e. The van der Waals surface area contributed by atoms with Gasteiger partial charge in [0, 0.05) is 31.0 Å². The largest absolute Gasteiger partial charge is 0.491 e. The Morgan fingerprint density at radius 3 is 3.20 bits per heavy atom. The Morgan fingerprint density at radius 1 is 1.36 bits per heavy atom. The second-order valence-corrected chi connectivity index (χ2v) is 7.04. The molecule has 0 aliphatic carbocycles. The van der Waals surface area contributed by atoms with E-state index in [-0.39, 0.29) is 6.10 Å². The lowest BCUT2D eigenvalue weighted by Crippen LogP contribution is -2.29. The Kier molecular flexibility index (Phi) is 4.27. The molecule has 0 saturated carbocycles. The normalized spacial score (nSPS) is 18.6. The van der Waals surface area contributed by atoms with E-state index in [4.69, 9.17) is 9.47 Å². The fourth-order valence-corrected chi connectivity index (χ4v) is 3.64. The molecule has 1 aliphatic heterocycles. The number of fused-ring (bicyclic) bond motifs is 4. The summed E-state index contributed by atoms with van der Waals surface area (Å²) in [4.78, 5) is 17.1. The predicted molar refractivity (Wildman–Crippen MR) is 95.0 cm³/mol. The van der Waals surface area contributed by atoms with Gasteiger partial charge >= 0.3 is 6.09 Å². The zero-order chi connectivity index (χ0) is 17.2. The zero-order valence-corrected chi connectivity index (χ0v) is 14.6. The molecule has 3 aromatic rings. The van der Waals surface area contributed by atoms with Crippen molar-refractivity contribution in [1.29, 1.82) is 0 Å². The van der Waals surface area contributed by atoms with Crippen LogP contribution in [-0.4, -0.2) is 40.5 Å². The smallest absolute Gasteiger partial charge is 0.407 e. The molecular formula is C17H18N4O3S. The number of nitrogens with zero attached hydrogens (tertiary/aromatic N) is 2. The molecule has 3 heterocycles. The third-order valence-electron chi connectivity index (χ3n) is 4.03. The quantitative estimate of drug-likeness (QED) is 0.644. The first-order chi connectivity index (χ1) is 12.2. The fraction of sp³-hybridized carbons (Fsp3) is 0.353. The fourth-order valence-electron chi connectivity index (χ4n) is 2.74. The number of cyclic esters (lactones) is 1. The summed E-state index contributed by atoms with van der Waals surface area (Å²) in [6.45, 7) is 2.78. The number of amides is 1. The van der Waals surface area contributed by atoms with Crippen molar-refractivity contribution in [3.05, 3.63) is 29.4 Å². The molecule has 0 unspecified atom stereocenters. The number of H-pyrrole nitrogens is 1. The zero-order valence-electron chi connectivity index (χ0n) is 13.7. The van der Waals surface area contributed by atoms with Crippen molar-refractivity contribution in [2.45, 2.75) is 25.9 Å². The molecule has 0 spiro atoms. The summed E-state index contributed by atoms with van der Waals surface area (Å²) >= 11 is 1.55. The van der Waals surface area contributed by atoms with Crippen LogP contribution in [-0.2, 0) is 11.2 Å². The van der Waals surface area contributed by atoms with Gasteiger partial charge in [-0.05, 0) is 25.1 Å². The summed E-state index contributed by atoms with van der Waals surface area (Å²) in [5.74, 6) is 0.780. The van der Waals surface area contributed by atoms with Crippen LogP contribution >= 0.6 is 11.3 Å². The molecule has 2 N–H and O–H groups in total. The first-order valence-electron chi connectivity index (χ1n) is 8.19. The number of aromatic amines is 1. The minimum absolute atomic E-state index is 0.0315. The van der Waals surface area contributed by atoms with Gasteiger partial charge in [0.15, 0.2) is 0 Å². The molecule has 4 rings (SSSR count). The van der Waals surface area contributed by atoms with Crippen molar-refractivity contribution in [2.75, 3.05) is 13.2 Å². The van der Waals surface area contributed by atoms with E-state index in [9.17, 15) is 4.79 Å². The van der Waals surface area contributed by atoms with Gasteiger partial charge in [0.05, 0.1) is 28.1 Å². The molecule has 1 atom stereocenters. The van der Waals surface area contributed by atoms with E-state index in [2.05, 4.69) is 20.5 Å². The second kappa shape index (κ2) is 6.72. The summed E-state index contributed by atoms with van der Waals surface area (Å²) in [5, 5.41) is 12.1. The van der Waals surface area contributed by atoms with Gasteiger partial charge in [-0.2, -0.15) is 5.10 Å². The van der Waals surface area contributed by atoms with E-state index < -0.39 is 6.09 Å². The third-order valence-corrected chi connectivity index (χ3v) is 5.09. The van der Waals surface area contributed by atoms with Crippen molar-refractivity contribution in [1.82, 2.24) is 20.5 Å². The maximum absolute atomic E-state index is 11.7. The Labute approximate surface area is 148 Å². The van der Waals surface area contributed by atoms with Crippen LogP contribution < -0.4 is 10.1 Å². The molecule has 7 nitrogen and oxygen atoms in total. The Balaban J connectivity index is 1.71. The van der Waals surface area contributed by atoms with Gasteiger partial charge in [-0.25, -0.2) is 9.78 Å². The molecular weight excluding hydrogens is 340 g/mol. The van der Waals surface area contributed by atoms with E-state index in [1.165, 1.54) is 0 Å². The first kappa shape index (κ1) is 15.9. The molecule has 4 bridgehead atoms. The first-order valence-corrected chi connectivity index (χ1v) is 9.01. The molecule has 0 radical (unpaired) electrons. The molecule has 2 aromatic heterocycles. The average Bonchev–Trinajstić information content (AvgIpc) is 3.20. The Morgan fingerprint density at radius 2 is 2.28 bits per heavy atom. The molecule has 1 amide bonds. The van der Waals surface area contributed by atoms with E-state index >= 15 is 0 Å². The van der Waals surface area contributed by atoms with Gasteiger partial charge < -0.3 is 14.8 Å². The van der Waals surface area contributed by atoms with Crippen molar-refractivity contribution in [3.63, 3.8) is 0 Å². The van der Waals surface area contributed by atoms with Crippen LogP contribution in [0.4, 0.5) is 4.79 Å². The number of aromatic nitrogens is 3. The topological polar surface area (TPSA) is 89.1 Å². The number of thiazole rings is 1. The van der Waals surface area contributed by atoms with Crippen LogP contribution in [0.15, 0.2) is 24.4 Å². The van der Waals surface area contributed by atoms with Gasteiger partial charge in [0.25, 0.3) is 0 Å². The lowest BCUT2D eigenvalue weighted by molar-refractivity contribution is 0.144. The number of benzene rings is 1. The number of alkyl carbamates (subject to hydrolysis) is 1. The SMILES string of the molecule is C[C@@H]1CCNC(=O)OCCc2ncc(s2)-c2n[nH]c3ccc(cc23)O1. The van der Waals surface area contributed by atoms with Crippen LogP contribution in [0.2, 0.25) is 0 Å². The van der Waals surface area contributed by atoms with E-state index in [1.807, 2.05) is 31.3 Å². The molecule has 0 saturated heterocycles. The van der Waals surface area contributed by atoms with E-state index in [1.54, 1.807) is 11.3 Å². The highest BCUT2D eigenvalue weighted by atomic mass is 32.1. The van der Waals surface area contributed by atoms with Crippen molar-refractivity contribution < 1.29 is 14.3 Å². The average molecular weight is 358 g/mol. The van der Waals surface area contributed by atoms with Crippen molar-refractivity contribution in [3.8, 4) is 16.3 Å². The predicted octanol–water partition coefficient (Wildman–Crippen LogP) is 3.13. The number of ether oxygens (including phenoxy) is 2. The molecule has 0 fully saturated rings. The van der Waals surface area contributed by atoms with Gasteiger partial charge in [-0.1, -0.05) is 0 Å². The van der Waals surface area contributed by atoms with Gasteiger partial charge in [-0.15, -0.1) is 11.3 Å². The number of hydrogen-bond acceptors (Lipinski definition) is 6. The monoisotopic (exact) mass is 358 g/mol. The molecule has 1 aliphatic rings. The lowest BCUT2D eigenvalue weighted by atomic mass is 10.2. The minimum atomic E-state index is -0.410. The number of nitrogens with one attached hydrogen (secondary N) is 2. The highest BCUT2D eigenvalue weighted by molar-refractivity contribution is 7.15. The van der Waals surface area contributed by atoms with Gasteiger partial charge in [0.2, 0.25) is 0 Å². The van der Waals surface area contributed by atoms with E-state index in [0.29, 0.717) is 26.0 Å². The summed E-state index contributed by atoms with van der Waals surface area (Å²) in [5.41, 5.74) is 1.82. The van der Waals surface area contributed by atoms with Crippen LogP contribution in [0.1, 0.15) is 18.4 Å². The number of carbonyl (C=O) groups excluding carboxylic acids is 1. The van der Waals surface area contributed by atoms with Crippen molar-refractivity contribution in [2.24, 2.45) is 0 Å². The Bertz CT molecular complexity index is 904. The molecule has 1 aromatic carbocycles. The number of rotatable bonds is 0. The standard InChI is InChI=1S/C17H18N4O3S/c1-10-4-6-18-17(22)23-7-5-15-19-9-14(25-15)16-12-8-11(24-10)2-3-13(12)20-21-16/h2-3,8-10H,4-7H2,1H3,(H,18,22)(H,20,21)/t10-/m1/s1. The molecule has 8 heteroatoms. The van der Waals surface area contributed by atoms with E-state index in [0.717, 1.165) is 32.2 Å². The maximum atomic E-state index is 11.7. The second-order valence-electron chi connectivity index (χ2n) is 5.93. The van der Waals surface area contributed by atoms with Crippen LogP contribution in [0.25, 0.3) is 21.5 Å². The Hall–Kier alpha value is -2.61. The summed E-state index contributed by atoms with van der Waals surface area (Å²) < 4.78 is 11.2. The van der Waals surface area contributed by atoms with Gasteiger partial charge in [-0.3, -0.25) is 5.10 Å². The summed E-state index contributed by atoms with van der Waals surface area (Å²) in [6.07, 6.45) is 2.65. The highest BCUT2D eigenvalue weighted by Gasteiger charge is 2.15. The molecule has 130 valence electrons. The van der Waals surface area contributed by atoms with Crippen LogP contribution in [0, 0.1) is 0 Å². The third kappa shape index (κ3) is 3.43. The minimum Gasteiger partial charge on any atom is -0.491 e.